The van der Waals surface area contributed by atoms with Crippen LogP contribution in [0.4, 0.5) is 0 Å². The molecule has 5 atom stereocenters. The molecule has 4 aromatic carbocycles. The van der Waals surface area contributed by atoms with E-state index in [2.05, 4.69) is 53.5 Å². The molecule has 0 spiro atoms. The van der Waals surface area contributed by atoms with Gasteiger partial charge in [0.1, 0.15) is 24.4 Å². The monoisotopic (exact) mass is 590 g/mol. The van der Waals surface area contributed by atoms with E-state index in [4.69, 9.17) is 23.7 Å². The van der Waals surface area contributed by atoms with Crippen molar-refractivity contribution in [2.75, 3.05) is 6.61 Å². The van der Waals surface area contributed by atoms with Gasteiger partial charge in [-0.2, -0.15) is 0 Å². The van der Waals surface area contributed by atoms with Crippen molar-refractivity contribution in [2.45, 2.75) is 57.1 Å². The molecule has 2 heterocycles. The lowest BCUT2D eigenvalue weighted by Gasteiger charge is -2.46. The molecule has 0 unspecified atom stereocenters. The summed E-state index contributed by atoms with van der Waals surface area (Å²) in [5.74, 6) is 0. The van der Waals surface area contributed by atoms with E-state index in [1.165, 1.54) is 0 Å². The molecule has 1 aromatic heterocycles. The maximum absolute atomic E-state index is 6.82. The zero-order chi connectivity index (χ0) is 29.8. The number of aromatic nitrogens is 2. The molecule has 226 valence electrons. The molecular formula is C37H38N2O5. The summed E-state index contributed by atoms with van der Waals surface area (Å²) in [6.07, 6.45) is 2.99. The van der Waals surface area contributed by atoms with Crippen molar-refractivity contribution in [3.63, 3.8) is 0 Å². The minimum absolute atomic E-state index is 0.316. The van der Waals surface area contributed by atoms with Crippen LogP contribution in [-0.2, 0) is 50.1 Å². The SMILES string of the molecule is c1ccc(COC[C@H]2O[C@H](n3ccnc3)[C@H](OCc3ccccc3)[C@@H](OCc3ccccc3)[C@H]2OCc2ccccc2)cc1. The molecule has 1 fully saturated rings. The first-order chi connectivity index (χ1) is 21.8. The van der Waals surface area contributed by atoms with Crippen LogP contribution in [0.5, 0.6) is 0 Å². The fourth-order valence-corrected chi connectivity index (χ4v) is 5.42. The van der Waals surface area contributed by atoms with Gasteiger partial charge in [-0.3, -0.25) is 0 Å². The summed E-state index contributed by atoms with van der Waals surface area (Å²) in [5.41, 5.74) is 4.29. The van der Waals surface area contributed by atoms with Crippen LogP contribution in [0.25, 0.3) is 0 Å². The molecule has 0 saturated carbocycles. The van der Waals surface area contributed by atoms with Gasteiger partial charge >= 0.3 is 0 Å². The molecule has 1 aliphatic rings. The van der Waals surface area contributed by atoms with Crippen LogP contribution in [-0.4, -0.2) is 40.6 Å². The lowest BCUT2D eigenvalue weighted by atomic mass is 9.96. The largest absolute Gasteiger partial charge is 0.374 e. The molecule has 0 aliphatic carbocycles. The van der Waals surface area contributed by atoms with Crippen molar-refractivity contribution in [3.05, 3.63) is 162 Å². The van der Waals surface area contributed by atoms with Crippen LogP contribution in [0.2, 0.25) is 0 Å². The first-order valence-electron chi connectivity index (χ1n) is 15.0. The van der Waals surface area contributed by atoms with E-state index in [0.717, 1.165) is 22.3 Å². The maximum Gasteiger partial charge on any atom is 0.164 e. The third-order valence-electron chi connectivity index (χ3n) is 7.68. The average Bonchev–Trinajstić information content (AvgIpc) is 3.63. The maximum atomic E-state index is 6.82. The molecular weight excluding hydrogens is 552 g/mol. The number of rotatable bonds is 14. The summed E-state index contributed by atoms with van der Waals surface area (Å²) in [4.78, 5) is 4.31. The van der Waals surface area contributed by atoms with E-state index in [-0.39, 0.29) is 0 Å². The summed E-state index contributed by atoms with van der Waals surface area (Å²) in [7, 11) is 0. The van der Waals surface area contributed by atoms with Crippen molar-refractivity contribution in [2.24, 2.45) is 0 Å². The van der Waals surface area contributed by atoms with E-state index < -0.39 is 30.6 Å². The third-order valence-corrected chi connectivity index (χ3v) is 7.68. The van der Waals surface area contributed by atoms with Crippen molar-refractivity contribution >= 4 is 0 Å². The Morgan fingerprint density at radius 2 is 1.00 bits per heavy atom. The Morgan fingerprint density at radius 1 is 0.545 bits per heavy atom. The van der Waals surface area contributed by atoms with Crippen molar-refractivity contribution in [1.82, 2.24) is 9.55 Å². The standard InChI is InChI=1S/C37H38N2O5/c1-5-13-29(14-6-1)23-40-27-33-34(41-24-30-15-7-2-8-16-30)35(42-25-31-17-9-3-10-18-31)36(37(44-33)39-22-21-38-28-39)43-26-32-19-11-4-12-20-32/h1-22,28,33-37H,23-27H2/t33-,34+,35+,36-,37+/m1/s1. The first kappa shape index (κ1) is 29.9. The Bertz CT molecular complexity index is 1490. The smallest absolute Gasteiger partial charge is 0.164 e. The highest BCUT2D eigenvalue weighted by molar-refractivity contribution is 5.16. The predicted molar refractivity (Wildman–Crippen MR) is 167 cm³/mol. The third kappa shape index (κ3) is 8.08. The summed E-state index contributed by atoms with van der Waals surface area (Å²) in [6, 6.07) is 40.6. The zero-order valence-corrected chi connectivity index (χ0v) is 24.6. The van der Waals surface area contributed by atoms with Crippen LogP contribution in [0.1, 0.15) is 28.5 Å². The second-order valence-electron chi connectivity index (χ2n) is 10.9. The highest BCUT2D eigenvalue weighted by atomic mass is 16.6. The molecule has 44 heavy (non-hydrogen) atoms. The Labute approximate surface area is 259 Å². The van der Waals surface area contributed by atoms with Gasteiger partial charge in [-0.15, -0.1) is 0 Å². The lowest BCUT2D eigenvalue weighted by molar-refractivity contribution is -0.290. The minimum atomic E-state index is -0.510. The van der Waals surface area contributed by atoms with E-state index in [1.54, 1.807) is 12.5 Å². The van der Waals surface area contributed by atoms with Gasteiger partial charge in [0.2, 0.25) is 0 Å². The van der Waals surface area contributed by atoms with Crippen molar-refractivity contribution < 1.29 is 23.7 Å². The quantitative estimate of drug-likeness (QED) is 0.143. The first-order valence-corrected chi connectivity index (χ1v) is 15.0. The molecule has 0 bridgehead atoms. The molecule has 0 amide bonds. The average molecular weight is 591 g/mol. The summed E-state index contributed by atoms with van der Waals surface area (Å²) >= 11 is 0. The number of ether oxygens (including phenoxy) is 5. The van der Waals surface area contributed by atoms with Crippen LogP contribution in [0.3, 0.4) is 0 Å². The van der Waals surface area contributed by atoms with Crippen molar-refractivity contribution in [3.8, 4) is 0 Å². The van der Waals surface area contributed by atoms with Gasteiger partial charge in [0.25, 0.3) is 0 Å². The molecule has 1 aliphatic heterocycles. The van der Waals surface area contributed by atoms with Crippen molar-refractivity contribution in [1.29, 1.82) is 0 Å². The zero-order valence-electron chi connectivity index (χ0n) is 24.6. The van der Waals surface area contributed by atoms with Crippen LogP contribution >= 0.6 is 0 Å². The van der Waals surface area contributed by atoms with Gasteiger partial charge < -0.3 is 28.3 Å². The van der Waals surface area contributed by atoms with E-state index in [1.807, 2.05) is 83.6 Å². The van der Waals surface area contributed by atoms with Crippen LogP contribution in [0.15, 0.2) is 140 Å². The number of nitrogens with zero attached hydrogens (tertiary/aromatic N) is 2. The summed E-state index contributed by atoms with van der Waals surface area (Å²) in [5, 5.41) is 0. The molecule has 6 rings (SSSR count). The molecule has 1 saturated heterocycles. The van der Waals surface area contributed by atoms with Gasteiger partial charge in [0.05, 0.1) is 39.4 Å². The second-order valence-corrected chi connectivity index (χ2v) is 10.9. The fraction of sp³-hybridized carbons (Fsp3) is 0.270. The van der Waals surface area contributed by atoms with E-state index >= 15 is 0 Å². The van der Waals surface area contributed by atoms with Gasteiger partial charge in [0, 0.05) is 12.4 Å². The van der Waals surface area contributed by atoms with Gasteiger partial charge in [-0.05, 0) is 22.3 Å². The molecule has 7 nitrogen and oxygen atoms in total. The highest BCUT2D eigenvalue weighted by Gasteiger charge is 2.49. The molecule has 7 heteroatoms. The predicted octanol–water partition coefficient (Wildman–Crippen LogP) is 6.75. The Hall–Kier alpha value is -4.11. The topological polar surface area (TPSA) is 64.0 Å². The molecule has 0 radical (unpaired) electrons. The van der Waals surface area contributed by atoms with E-state index in [9.17, 15) is 0 Å². The highest BCUT2D eigenvalue weighted by Crippen LogP contribution is 2.36. The number of hydrogen-bond acceptors (Lipinski definition) is 6. The lowest BCUT2D eigenvalue weighted by Crippen LogP contribution is -2.59. The van der Waals surface area contributed by atoms with E-state index in [0.29, 0.717) is 33.0 Å². The molecule has 5 aromatic rings. The Balaban J connectivity index is 1.31. The normalized spacial score (nSPS) is 21.7. The number of imidazole rings is 1. The Morgan fingerprint density at radius 3 is 1.48 bits per heavy atom. The second kappa shape index (κ2) is 15.6. The molecule has 0 N–H and O–H groups in total. The number of benzene rings is 4. The van der Waals surface area contributed by atoms with Gasteiger partial charge in [-0.1, -0.05) is 121 Å². The number of hydrogen-bond donors (Lipinski definition) is 0. The fourth-order valence-electron chi connectivity index (χ4n) is 5.42. The van der Waals surface area contributed by atoms with Crippen LogP contribution < -0.4 is 0 Å². The van der Waals surface area contributed by atoms with Gasteiger partial charge in [-0.25, -0.2) is 4.98 Å². The summed E-state index contributed by atoms with van der Waals surface area (Å²) < 4.78 is 35.2. The van der Waals surface area contributed by atoms with Crippen LogP contribution in [0, 0.1) is 0 Å². The van der Waals surface area contributed by atoms with Gasteiger partial charge in [0.15, 0.2) is 6.23 Å². The summed E-state index contributed by atoms with van der Waals surface area (Å²) in [6.45, 7) is 1.97. The minimum Gasteiger partial charge on any atom is -0.374 e. The Kier molecular flexibility index (Phi) is 10.6.